The Morgan fingerprint density at radius 2 is 2.27 bits per heavy atom. The number of aromatic nitrogens is 2. The average Bonchev–Trinajstić information content (AvgIpc) is 2.23. The summed E-state index contributed by atoms with van der Waals surface area (Å²) in [6.07, 6.45) is 3.61. The van der Waals surface area contributed by atoms with Gasteiger partial charge in [-0.3, -0.25) is 0 Å². The number of hydrogen-bond donors (Lipinski definition) is 2. The quantitative estimate of drug-likeness (QED) is 0.349. The van der Waals surface area contributed by atoms with Crippen LogP contribution in [0.2, 0.25) is 5.15 Å². The van der Waals surface area contributed by atoms with Gasteiger partial charge in [0.1, 0.15) is 11.0 Å². The summed E-state index contributed by atoms with van der Waals surface area (Å²) in [5, 5.41) is 12.8. The lowest BCUT2D eigenvalue weighted by molar-refractivity contribution is 0.286. The molecule has 1 rings (SSSR count). The summed E-state index contributed by atoms with van der Waals surface area (Å²) in [5.74, 6) is 0.734. The van der Waals surface area contributed by atoms with Crippen LogP contribution in [0, 0.1) is 0 Å². The average molecular weight is 248 g/mol. The molecule has 84 valence electrons. The summed E-state index contributed by atoms with van der Waals surface area (Å²) in [4.78, 5) is 8.28. The molecule has 0 aliphatic rings. The fourth-order valence-electron chi connectivity index (χ4n) is 1.03. The van der Waals surface area contributed by atoms with Crippen molar-refractivity contribution in [2.45, 2.75) is 18.0 Å². The monoisotopic (exact) mass is 247 g/mol. The Balaban J connectivity index is 2.49. The van der Waals surface area contributed by atoms with E-state index in [1.54, 1.807) is 6.07 Å². The van der Waals surface area contributed by atoms with Crippen LogP contribution in [0.4, 0.5) is 5.82 Å². The van der Waals surface area contributed by atoms with Crippen LogP contribution in [0.15, 0.2) is 11.2 Å². The normalized spacial score (nSPS) is 10.3. The first kappa shape index (κ1) is 12.5. The number of nitrogens with zero attached hydrogens (tertiary/aromatic N) is 2. The van der Waals surface area contributed by atoms with Crippen LogP contribution >= 0.6 is 23.4 Å². The standard InChI is InChI=1S/C9H14ClN3OS/c1-15-9-12-7(10)6-8(13-9)11-4-2-3-5-14/h6,14H,2-5H2,1H3,(H,11,12,13). The van der Waals surface area contributed by atoms with Gasteiger partial charge in [0.2, 0.25) is 0 Å². The molecule has 1 heterocycles. The molecule has 1 aromatic heterocycles. The van der Waals surface area contributed by atoms with Crippen molar-refractivity contribution in [2.24, 2.45) is 0 Å². The number of aliphatic hydroxyl groups excluding tert-OH is 1. The first-order chi connectivity index (χ1) is 7.26. The van der Waals surface area contributed by atoms with Gasteiger partial charge in [0, 0.05) is 19.2 Å². The molecule has 0 atom stereocenters. The van der Waals surface area contributed by atoms with E-state index in [4.69, 9.17) is 16.7 Å². The van der Waals surface area contributed by atoms with Gasteiger partial charge in [0.25, 0.3) is 0 Å². The number of thioether (sulfide) groups is 1. The molecule has 0 fully saturated rings. The highest BCUT2D eigenvalue weighted by Crippen LogP contribution is 2.16. The summed E-state index contributed by atoms with van der Waals surface area (Å²) in [7, 11) is 0. The zero-order valence-corrected chi connectivity index (χ0v) is 10.1. The van der Waals surface area contributed by atoms with Crippen LogP contribution in [0.1, 0.15) is 12.8 Å². The van der Waals surface area contributed by atoms with Gasteiger partial charge in [-0.2, -0.15) is 0 Å². The molecule has 0 saturated heterocycles. The maximum absolute atomic E-state index is 8.61. The zero-order chi connectivity index (χ0) is 11.1. The van der Waals surface area contributed by atoms with Gasteiger partial charge in [0.05, 0.1) is 0 Å². The van der Waals surface area contributed by atoms with E-state index in [0.717, 1.165) is 25.2 Å². The molecule has 0 spiro atoms. The Morgan fingerprint density at radius 1 is 1.47 bits per heavy atom. The second-order valence-corrected chi connectivity index (χ2v) is 4.08. The number of nitrogens with one attached hydrogen (secondary N) is 1. The molecule has 0 unspecified atom stereocenters. The van der Waals surface area contributed by atoms with Gasteiger partial charge in [-0.15, -0.1) is 0 Å². The smallest absolute Gasteiger partial charge is 0.190 e. The highest BCUT2D eigenvalue weighted by Gasteiger charge is 2.01. The van der Waals surface area contributed by atoms with Crippen LogP contribution in [-0.4, -0.2) is 34.5 Å². The van der Waals surface area contributed by atoms with Crippen molar-refractivity contribution in [3.05, 3.63) is 11.2 Å². The largest absolute Gasteiger partial charge is 0.396 e. The molecule has 4 nitrogen and oxygen atoms in total. The van der Waals surface area contributed by atoms with Gasteiger partial charge in [0.15, 0.2) is 5.16 Å². The molecule has 6 heteroatoms. The molecule has 0 aliphatic carbocycles. The summed E-state index contributed by atoms with van der Waals surface area (Å²) in [5.41, 5.74) is 0. The summed E-state index contributed by atoms with van der Waals surface area (Å²) in [6, 6.07) is 1.69. The van der Waals surface area contributed by atoms with Crippen molar-refractivity contribution >= 4 is 29.2 Å². The minimum atomic E-state index is 0.224. The molecule has 0 saturated carbocycles. The molecule has 2 N–H and O–H groups in total. The number of anilines is 1. The minimum absolute atomic E-state index is 0.224. The maximum atomic E-state index is 8.61. The van der Waals surface area contributed by atoms with Gasteiger partial charge < -0.3 is 10.4 Å². The third-order valence-corrected chi connectivity index (χ3v) is 2.49. The van der Waals surface area contributed by atoms with Crippen molar-refractivity contribution in [1.82, 2.24) is 9.97 Å². The highest BCUT2D eigenvalue weighted by atomic mass is 35.5. The summed E-state index contributed by atoms with van der Waals surface area (Å²) < 4.78 is 0. The SMILES string of the molecule is CSc1nc(Cl)cc(NCCCCO)n1. The fourth-order valence-corrected chi connectivity index (χ4v) is 1.64. The number of aliphatic hydroxyl groups is 1. The number of hydrogen-bond acceptors (Lipinski definition) is 5. The molecular formula is C9H14ClN3OS. The Hall–Kier alpha value is -0.520. The van der Waals surface area contributed by atoms with Gasteiger partial charge in [-0.05, 0) is 19.1 Å². The second kappa shape index (κ2) is 6.87. The number of halogens is 1. The van der Waals surface area contributed by atoms with Crippen molar-refractivity contribution in [2.75, 3.05) is 24.7 Å². The Morgan fingerprint density at radius 3 is 2.93 bits per heavy atom. The predicted octanol–water partition coefficient (Wildman–Crippen LogP) is 2.04. The molecular weight excluding hydrogens is 234 g/mol. The van der Waals surface area contributed by atoms with E-state index >= 15 is 0 Å². The second-order valence-electron chi connectivity index (χ2n) is 2.92. The number of unbranched alkanes of at least 4 members (excludes halogenated alkanes) is 1. The number of rotatable bonds is 6. The van der Waals surface area contributed by atoms with E-state index in [2.05, 4.69) is 15.3 Å². The van der Waals surface area contributed by atoms with E-state index < -0.39 is 0 Å². The van der Waals surface area contributed by atoms with Crippen LogP contribution in [0.3, 0.4) is 0 Å². The van der Waals surface area contributed by atoms with Crippen molar-refractivity contribution in [3.8, 4) is 0 Å². The lowest BCUT2D eigenvalue weighted by Gasteiger charge is -2.06. The molecule has 0 radical (unpaired) electrons. The maximum Gasteiger partial charge on any atom is 0.190 e. The Kier molecular flexibility index (Phi) is 5.75. The molecule has 0 aliphatic heterocycles. The molecule has 0 aromatic carbocycles. The first-order valence-electron chi connectivity index (χ1n) is 4.69. The summed E-state index contributed by atoms with van der Waals surface area (Å²) >= 11 is 7.28. The van der Waals surface area contributed by atoms with Gasteiger partial charge in [-0.25, -0.2) is 9.97 Å². The van der Waals surface area contributed by atoms with Gasteiger partial charge >= 0.3 is 0 Å². The van der Waals surface area contributed by atoms with Crippen molar-refractivity contribution < 1.29 is 5.11 Å². The molecule has 0 amide bonds. The van der Waals surface area contributed by atoms with Crippen LogP contribution in [0.25, 0.3) is 0 Å². The zero-order valence-electron chi connectivity index (χ0n) is 8.53. The Bertz CT molecular complexity index is 311. The molecule has 1 aromatic rings. The van der Waals surface area contributed by atoms with E-state index in [-0.39, 0.29) is 6.61 Å². The lowest BCUT2D eigenvalue weighted by Crippen LogP contribution is -2.05. The van der Waals surface area contributed by atoms with Crippen molar-refractivity contribution in [1.29, 1.82) is 0 Å². The fraction of sp³-hybridized carbons (Fsp3) is 0.556. The third kappa shape index (κ3) is 4.68. The summed E-state index contributed by atoms with van der Waals surface area (Å²) in [6.45, 7) is 1.00. The van der Waals surface area contributed by atoms with E-state index in [1.165, 1.54) is 11.8 Å². The van der Waals surface area contributed by atoms with Crippen molar-refractivity contribution in [3.63, 3.8) is 0 Å². The van der Waals surface area contributed by atoms with E-state index in [1.807, 2.05) is 6.26 Å². The highest BCUT2D eigenvalue weighted by molar-refractivity contribution is 7.98. The molecule has 15 heavy (non-hydrogen) atoms. The lowest BCUT2D eigenvalue weighted by atomic mass is 10.3. The van der Waals surface area contributed by atoms with Crippen LogP contribution < -0.4 is 5.32 Å². The third-order valence-electron chi connectivity index (χ3n) is 1.75. The first-order valence-corrected chi connectivity index (χ1v) is 6.30. The van der Waals surface area contributed by atoms with Crippen LogP contribution in [-0.2, 0) is 0 Å². The van der Waals surface area contributed by atoms with Gasteiger partial charge in [-0.1, -0.05) is 23.4 Å². The van der Waals surface area contributed by atoms with E-state index in [0.29, 0.717) is 10.3 Å². The topological polar surface area (TPSA) is 58.0 Å². The predicted molar refractivity (Wildman–Crippen MR) is 63.6 cm³/mol. The molecule has 0 bridgehead atoms. The minimum Gasteiger partial charge on any atom is -0.396 e. The van der Waals surface area contributed by atoms with E-state index in [9.17, 15) is 0 Å². The Labute approximate surface area is 98.5 Å². The van der Waals surface area contributed by atoms with Crippen LogP contribution in [0.5, 0.6) is 0 Å².